The Balaban J connectivity index is 1.99. The number of carbonyl (C=O) groups excluding carboxylic acids is 1. The summed E-state index contributed by atoms with van der Waals surface area (Å²) in [7, 11) is 1.40. The van der Waals surface area contributed by atoms with E-state index in [0.29, 0.717) is 17.6 Å². The first-order chi connectivity index (χ1) is 10.6. The SMILES string of the molecule is COC(=O)c1ccn2c(C3CCCCN3C(C)C)ncc2c1. The third-order valence-electron chi connectivity index (χ3n) is 4.49. The lowest BCUT2D eigenvalue weighted by molar-refractivity contribution is 0.0600. The van der Waals surface area contributed by atoms with E-state index >= 15 is 0 Å². The van der Waals surface area contributed by atoms with E-state index in [1.54, 1.807) is 6.07 Å². The number of fused-ring (bicyclic) bond motifs is 1. The van der Waals surface area contributed by atoms with E-state index in [1.165, 1.54) is 20.0 Å². The Kier molecular flexibility index (Phi) is 4.16. The lowest BCUT2D eigenvalue weighted by Gasteiger charge is -2.37. The first kappa shape index (κ1) is 15.0. The highest BCUT2D eigenvalue weighted by atomic mass is 16.5. The van der Waals surface area contributed by atoms with E-state index in [-0.39, 0.29) is 5.97 Å². The van der Waals surface area contributed by atoms with E-state index in [2.05, 4.69) is 28.1 Å². The van der Waals surface area contributed by atoms with Gasteiger partial charge in [-0.3, -0.25) is 4.90 Å². The second kappa shape index (κ2) is 6.08. The quantitative estimate of drug-likeness (QED) is 0.818. The van der Waals surface area contributed by atoms with Crippen LogP contribution < -0.4 is 0 Å². The number of piperidine rings is 1. The molecule has 0 radical (unpaired) electrons. The first-order valence-corrected chi connectivity index (χ1v) is 7.93. The van der Waals surface area contributed by atoms with Gasteiger partial charge in [-0.05, 0) is 45.4 Å². The zero-order valence-electron chi connectivity index (χ0n) is 13.5. The van der Waals surface area contributed by atoms with Gasteiger partial charge in [-0.2, -0.15) is 0 Å². The highest BCUT2D eigenvalue weighted by Crippen LogP contribution is 2.32. The first-order valence-electron chi connectivity index (χ1n) is 7.93. The van der Waals surface area contributed by atoms with Gasteiger partial charge in [0.15, 0.2) is 0 Å². The summed E-state index contributed by atoms with van der Waals surface area (Å²) in [5.41, 5.74) is 1.50. The average molecular weight is 301 g/mol. The molecule has 1 aliphatic heterocycles. The van der Waals surface area contributed by atoms with Crippen LogP contribution in [-0.2, 0) is 4.74 Å². The number of nitrogens with zero attached hydrogens (tertiary/aromatic N) is 3. The van der Waals surface area contributed by atoms with Crippen molar-refractivity contribution in [2.24, 2.45) is 0 Å². The van der Waals surface area contributed by atoms with Gasteiger partial charge >= 0.3 is 5.97 Å². The summed E-state index contributed by atoms with van der Waals surface area (Å²) >= 11 is 0. The maximum atomic E-state index is 11.6. The van der Waals surface area contributed by atoms with E-state index in [0.717, 1.165) is 24.3 Å². The van der Waals surface area contributed by atoms with Crippen LogP contribution in [0.5, 0.6) is 0 Å². The van der Waals surface area contributed by atoms with E-state index in [9.17, 15) is 4.79 Å². The molecule has 2 aromatic heterocycles. The molecule has 0 saturated carbocycles. The predicted molar refractivity (Wildman–Crippen MR) is 85.0 cm³/mol. The third kappa shape index (κ3) is 2.61. The molecule has 0 bridgehead atoms. The number of likely N-dealkylation sites (tertiary alicyclic amines) is 1. The highest BCUT2D eigenvalue weighted by molar-refractivity contribution is 5.90. The van der Waals surface area contributed by atoms with Crippen LogP contribution >= 0.6 is 0 Å². The Morgan fingerprint density at radius 1 is 1.41 bits per heavy atom. The van der Waals surface area contributed by atoms with Crippen molar-refractivity contribution < 1.29 is 9.53 Å². The maximum absolute atomic E-state index is 11.6. The summed E-state index contributed by atoms with van der Waals surface area (Å²) in [5.74, 6) is 0.756. The van der Waals surface area contributed by atoms with Crippen molar-refractivity contribution >= 4 is 11.5 Å². The Bertz CT molecular complexity index is 678. The normalized spacial score (nSPS) is 19.7. The molecule has 118 valence electrons. The van der Waals surface area contributed by atoms with Crippen molar-refractivity contribution in [3.8, 4) is 0 Å². The van der Waals surface area contributed by atoms with Crippen molar-refractivity contribution in [1.82, 2.24) is 14.3 Å². The molecule has 2 aromatic rings. The number of methoxy groups -OCH3 is 1. The van der Waals surface area contributed by atoms with Crippen molar-refractivity contribution in [3.05, 3.63) is 35.9 Å². The van der Waals surface area contributed by atoms with E-state index in [4.69, 9.17) is 4.74 Å². The molecule has 1 aliphatic rings. The van der Waals surface area contributed by atoms with Gasteiger partial charge in [-0.1, -0.05) is 6.42 Å². The Morgan fingerprint density at radius 3 is 2.95 bits per heavy atom. The van der Waals surface area contributed by atoms with Gasteiger partial charge in [0.05, 0.1) is 30.4 Å². The Hall–Kier alpha value is -1.88. The predicted octanol–water partition coefficient (Wildman–Crippen LogP) is 3.06. The number of hydrogen-bond donors (Lipinski definition) is 0. The number of carbonyl (C=O) groups is 1. The van der Waals surface area contributed by atoms with Crippen LogP contribution in [-0.4, -0.2) is 40.0 Å². The molecule has 3 heterocycles. The molecule has 22 heavy (non-hydrogen) atoms. The zero-order chi connectivity index (χ0) is 15.7. The number of ether oxygens (including phenoxy) is 1. The smallest absolute Gasteiger partial charge is 0.337 e. The number of hydrogen-bond acceptors (Lipinski definition) is 4. The number of esters is 1. The fraction of sp³-hybridized carbons (Fsp3) is 0.529. The maximum Gasteiger partial charge on any atom is 0.337 e. The molecule has 0 amide bonds. The number of imidazole rings is 1. The molecule has 5 nitrogen and oxygen atoms in total. The molecule has 1 unspecified atom stereocenters. The number of pyridine rings is 1. The molecule has 1 saturated heterocycles. The second-order valence-corrected chi connectivity index (χ2v) is 6.16. The van der Waals surface area contributed by atoms with Gasteiger partial charge in [0.1, 0.15) is 5.82 Å². The summed E-state index contributed by atoms with van der Waals surface area (Å²) in [5, 5.41) is 0. The van der Waals surface area contributed by atoms with Crippen molar-refractivity contribution in [2.45, 2.75) is 45.2 Å². The molecular weight excluding hydrogens is 278 g/mol. The highest BCUT2D eigenvalue weighted by Gasteiger charge is 2.28. The fourth-order valence-electron chi connectivity index (χ4n) is 3.36. The summed E-state index contributed by atoms with van der Waals surface area (Å²) in [6.07, 6.45) is 7.40. The minimum absolute atomic E-state index is 0.313. The van der Waals surface area contributed by atoms with Crippen LogP contribution in [0.2, 0.25) is 0 Å². The van der Waals surface area contributed by atoms with Crippen LogP contribution in [0.1, 0.15) is 55.3 Å². The van der Waals surface area contributed by atoms with Gasteiger partial charge in [0.25, 0.3) is 0 Å². The molecule has 1 fully saturated rings. The minimum Gasteiger partial charge on any atom is -0.465 e. The van der Waals surface area contributed by atoms with E-state index < -0.39 is 0 Å². The van der Waals surface area contributed by atoms with Crippen molar-refractivity contribution in [2.75, 3.05) is 13.7 Å². The third-order valence-corrected chi connectivity index (χ3v) is 4.49. The Morgan fingerprint density at radius 2 is 2.23 bits per heavy atom. The fourth-order valence-corrected chi connectivity index (χ4v) is 3.36. The van der Waals surface area contributed by atoms with Crippen LogP contribution in [0.15, 0.2) is 24.5 Å². The second-order valence-electron chi connectivity index (χ2n) is 6.16. The summed E-state index contributed by atoms with van der Waals surface area (Å²) < 4.78 is 6.88. The van der Waals surface area contributed by atoms with Gasteiger partial charge in [-0.15, -0.1) is 0 Å². The van der Waals surface area contributed by atoms with Gasteiger partial charge in [0.2, 0.25) is 0 Å². The van der Waals surface area contributed by atoms with Crippen molar-refractivity contribution in [1.29, 1.82) is 0 Å². The summed E-state index contributed by atoms with van der Waals surface area (Å²) in [6, 6.07) is 4.49. The summed E-state index contributed by atoms with van der Waals surface area (Å²) in [6.45, 7) is 5.60. The number of rotatable bonds is 3. The summed E-state index contributed by atoms with van der Waals surface area (Å²) in [4.78, 5) is 18.8. The molecular formula is C17H23N3O2. The topological polar surface area (TPSA) is 46.8 Å². The Labute approximate surface area is 130 Å². The average Bonchev–Trinajstić information content (AvgIpc) is 2.96. The molecule has 0 aliphatic carbocycles. The molecule has 0 N–H and O–H groups in total. The van der Waals surface area contributed by atoms with Gasteiger partial charge in [-0.25, -0.2) is 9.78 Å². The molecule has 0 aromatic carbocycles. The van der Waals surface area contributed by atoms with E-state index in [1.807, 2.05) is 18.5 Å². The van der Waals surface area contributed by atoms with Crippen LogP contribution in [0, 0.1) is 0 Å². The monoisotopic (exact) mass is 301 g/mol. The van der Waals surface area contributed by atoms with Crippen LogP contribution in [0.3, 0.4) is 0 Å². The lowest BCUT2D eigenvalue weighted by Crippen LogP contribution is -2.39. The van der Waals surface area contributed by atoms with Crippen molar-refractivity contribution in [3.63, 3.8) is 0 Å². The minimum atomic E-state index is -0.313. The largest absolute Gasteiger partial charge is 0.465 e. The molecule has 0 spiro atoms. The van der Waals surface area contributed by atoms with Crippen LogP contribution in [0.25, 0.3) is 5.52 Å². The van der Waals surface area contributed by atoms with Gasteiger partial charge in [0, 0.05) is 12.2 Å². The van der Waals surface area contributed by atoms with Crippen LogP contribution in [0.4, 0.5) is 0 Å². The molecule has 3 rings (SSSR count). The number of aromatic nitrogens is 2. The standard InChI is InChI=1S/C17H23N3O2/c1-12(2)19-8-5-4-6-15(19)16-18-11-14-10-13(17(21)22-3)7-9-20(14)16/h7,9-12,15H,4-6,8H2,1-3H3. The molecule has 5 heteroatoms. The lowest BCUT2D eigenvalue weighted by atomic mass is 10.00. The zero-order valence-corrected chi connectivity index (χ0v) is 13.5. The van der Waals surface area contributed by atoms with Gasteiger partial charge < -0.3 is 9.14 Å². The molecule has 1 atom stereocenters.